The van der Waals surface area contributed by atoms with Gasteiger partial charge in [0, 0.05) is 6.54 Å². The first-order chi connectivity index (χ1) is 8.06. The zero-order valence-electron chi connectivity index (χ0n) is 9.64. The van der Waals surface area contributed by atoms with Crippen LogP contribution in [0.25, 0.3) is 0 Å². The van der Waals surface area contributed by atoms with Gasteiger partial charge >= 0.3 is 11.9 Å². The third kappa shape index (κ3) is 3.70. The predicted molar refractivity (Wildman–Crippen MR) is 56.8 cm³/mol. The number of nitrogens with zero attached hydrogens (tertiary/aromatic N) is 1. The maximum atomic E-state index is 11.7. The fourth-order valence-electron chi connectivity index (χ4n) is 1.65. The van der Waals surface area contributed by atoms with E-state index in [-0.39, 0.29) is 6.61 Å². The lowest BCUT2D eigenvalue weighted by molar-refractivity contribution is -0.159. The third-order valence-corrected chi connectivity index (χ3v) is 2.40. The van der Waals surface area contributed by atoms with Crippen molar-refractivity contribution in [2.75, 3.05) is 13.2 Å². The first kappa shape index (κ1) is 13.4. The number of carboxylic acids is 1. The Morgan fingerprint density at radius 1 is 1.47 bits per heavy atom. The van der Waals surface area contributed by atoms with Crippen molar-refractivity contribution in [2.45, 2.75) is 32.2 Å². The number of hydrazine groups is 1. The molecule has 7 heteroatoms. The van der Waals surface area contributed by atoms with E-state index in [1.54, 1.807) is 6.92 Å². The van der Waals surface area contributed by atoms with Crippen LogP contribution in [0.3, 0.4) is 0 Å². The van der Waals surface area contributed by atoms with Crippen molar-refractivity contribution in [1.29, 1.82) is 0 Å². The van der Waals surface area contributed by atoms with E-state index in [1.165, 1.54) is 0 Å². The summed E-state index contributed by atoms with van der Waals surface area (Å²) in [6.07, 6.45) is 0.627. The molecule has 0 spiro atoms. The molecule has 0 saturated carbocycles. The summed E-state index contributed by atoms with van der Waals surface area (Å²) in [6.45, 7) is 2.36. The van der Waals surface area contributed by atoms with E-state index in [0.29, 0.717) is 19.4 Å². The minimum Gasteiger partial charge on any atom is -0.480 e. The second-order valence-electron chi connectivity index (χ2n) is 3.65. The predicted octanol–water partition coefficient (Wildman–Crippen LogP) is -0.480. The van der Waals surface area contributed by atoms with Crippen LogP contribution in [0.4, 0.5) is 0 Å². The van der Waals surface area contributed by atoms with Crippen molar-refractivity contribution in [3.05, 3.63) is 0 Å². The monoisotopic (exact) mass is 244 g/mol. The molecule has 1 fully saturated rings. The van der Waals surface area contributed by atoms with E-state index in [0.717, 1.165) is 5.01 Å². The number of hydrogen-bond acceptors (Lipinski definition) is 5. The van der Waals surface area contributed by atoms with E-state index < -0.39 is 30.3 Å². The molecule has 0 aliphatic carbocycles. The summed E-state index contributed by atoms with van der Waals surface area (Å²) in [5.74, 6) is -2.29. The lowest BCUT2D eigenvalue weighted by Crippen LogP contribution is -2.56. The van der Waals surface area contributed by atoms with Crippen molar-refractivity contribution >= 4 is 17.8 Å². The topological polar surface area (TPSA) is 95.9 Å². The van der Waals surface area contributed by atoms with Crippen LogP contribution < -0.4 is 5.43 Å². The van der Waals surface area contributed by atoms with Crippen molar-refractivity contribution < 1.29 is 24.2 Å². The molecule has 1 heterocycles. The van der Waals surface area contributed by atoms with Gasteiger partial charge in [-0.3, -0.25) is 14.6 Å². The Labute approximate surface area is 98.7 Å². The minimum atomic E-state index is -1.07. The van der Waals surface area contributed by atoms with Gasteiger partial charge in [-0.2, -0.15) is 0 Å². The number of carbonyl (C=O) groups excluding carboxylic acids is 2. The summed E-state index contributed by atoms with van der Waals surface area (Å²) in [4.78, 5) is 33.8. The van der Waals surface area contributed by atoms with E-state index in [1.807, 2.05) is 0 Å². The molecule has 1 amide bonds. The number of rotatable bonds is 4. The molecule has 0 aromatic rings. The highest BCUT2D eigenvalue weighted by Crippen LogP contribution is 2.12. The minimum absolute atomic E-state index is 0.196. The quantitative estimate of drug-likeness (QED) is 0.512. The first-order valence-corrected chi connectivity index (χ1v) is 5.50. The molecule has 7 nitrogen and oxygen atoms in total. The van der Waals surface area contributed by atoms with Gasteiger partial charge in [0.25, 0.3) is 0 Å². The zero-order chi connectivity index (χ0) is 12.8. The number of aliphatic carboxylic acids is 1. The van der Waals surface area contributed by atoms with Crippen molar-refractivity contribution in [1.82, 2.24) is 10.4 Å². The Balaban J connectivity index is 2.59. The van der Waals surface area contributed by atoms with Crippen LogP contribution in [0.5, 0.6) is 0 Å². The summed E-state index contributed by atoms with van der Waals surface area (Å²) in [5, 5.41) is 9.96. The Kier molecular flexibility index (Phi) is 4.89. The molecule has 0 aromatic carbocycles. The Morgan fingerprint density at radius 2 is 2.18 bits per heavy atom. The number of amides is 1. The second-order valence-corrected chi connectivity index (χ2v) is 3.65. The summed E-state index contributed by atoms with van der Waals surface area (Å²) in [6, 6.07) is -0.911. The highest BCUT2D eigenvalue weighted by Gasteiger charge is 2.33. The average molecular weight is 244 g/mol. The smallest absolute Gasteiger partial charge is 0.328 e. The highest BCUT2D eigenvalue weighted by molar-refractivity contribution is 5.95. The van der Waals surface area contributed by atoms with E-state index in [9.17, 15) is 14.4 Å². The highest BCUT2D eigenvalue weighted by atomic mass is 16.5. The van der Waals surface area contributed by atoms with Gasteiger partial charge in [0.2, 0.25) is 5.91 Å². The molecule has 1 atom stereocenters. The van der Waals surface area contributed by atoms with Gasteiger partial charge in [-0.1, -0.05) is 0 Å². The van der Waals surface area contributed by atoms with Crippen LogP contribution in [0.1, 0.15) is 26.2 Å². The summed E-state index contributed by atoms with van der Waals surface area (Å²) in [5.41, 5.74) is 2.69. The van der Waals surface area contributed by atoms with Crippen molar-refractivity contribution in [3.8, 4) is 0 Å². The number of carbonyl (C=O) groups is 3. The van der Waals surface area contributed by atoms with Crippen LogP contribution in [-0.2, 0) is 19.1 Å². The van der Waals surface area contributed by atoms with E-state index >= 15 is 0 Å². The lowest BCUT2D eigenvalue weighted by Gasteiger charge is -2.33. The van der Waals surface area contributed by atoms with Crippen LogP contribution in [0, 0.1) is 0 Å². The molecule has 0 radical (unpaired) electrons. The Bertz CT molecular complexity index is 318. The van der Waals surface area contributed by atoms with E-state index in [2.05, 4.69) is 10.2 Å². The van der Waals surface area contributed by atoms with Crippen molar-refractivity contribution in [3.63, 3.8) is 0 Å². The Morgan fingerprint density at radius 3 is 2.76 bits per heavy atom. The zero-order valence-corrected chi connectivity index (χ0v) is 9.64. The van der Waals surface area contributed by atoms with E-state index in [4.69, 9.17) is 5.11 Å². The molecule has 0 bridgehead atoms. The molecule has 1 saturated heterocycles. The molecular weight excluding hydrogens is 228 g/mol. The number of esters is 1. The fourth-order valence-corrected chi connectivity index (χ4v) is 1.65. The number of carboxylic acid groups (broad SMARTS) is 1. The normalized spacial score (nSPS) is 19.8. The van der Waals surface area contributed by atoms with Gasteiger partial charge in [-0.15, -0.1) is 0 Å². The molecule has 1 aliphatic rings. The first-order valence-electron chi connectivity index (χ1n) is 5.50. The summed E-state index contributed by atoms with van der Waals surface area (Å²) < 4.78 is 4.64. The number of ether oxygens (including phenoxy) is 1. The lowest BCUT2D eigenvalue weighted by atomic mass is 10.1. The standard InChI is InChI=1S/C10H16N2O5/c1-2-17-9(14)6-8(13)12-7(10(15)16)4-3-5-11-12/h7,11H,2-6H2,1H3,(H,15,16). The summed E-state index contributed by atoms with van der Waals surface area (Å²) in [7, 11) is 0. The Hall–Kier alpha value is -1.63. The average Bonchev–Trinajstić information content (AvgIpc) is 2.29. The molecule has 1 unspecified atom stereocenters. The molecule has 1 aliphatic heterocycles. The van der Waals surface area contributed by atoms with Gasteiger partial charge in [0.1, 0.15) is 12.5 Å². The number of nitrogens with one attached hydrogen (secondary N) is 1. The molecule has 0 aromatic heterocycles. The van der Waals surface area contributed by atoms with Gasteiger partial charge in [-0.25, -0.2) is 10.2 Å². The molecule has 96 valence electrons. The van der Waals surface area contributed by atoms with Crippen molar-refractivity contribution in [2.24, 2.45) is 0 Å². The van der Waals surface area contributed by atoms with Crippen LogP contribution in [0.2, 0.25) is 0 Å². The maximum absolute atomic E-state index is 11.7. The fraction of sp³-hybridized carbons (Fsp3) is 0.700. The molecule has 1 rings (SSSR count). The maximum Gasteiger partial charge on any atom is 0.328 e. The van der Waals surface area contributed by atoms with Crippen LogP contribution in [-0.4, -0.2) is 47.2 Å². The third-order valence-electron chi connectivity index (χ3n) is 2.40. The second kappa shape index (κ2) is 6.19. The van der Waals surface area contributed by atoms with Gasteiger partial charge in [0.15, 0.2) is 0 Å². The number of hydrogen-bond donors (Lipinski definition) is 2. The largest absolute Gasteiger partial charge is 0.480 e. The van der Waals surface area contributed by atoms with Gasteiger partial charge in [-0.05, 0) is 19.8 Å². The van der Waals surface area contributed by atoms with Gasteiger partial charge in [0.05, 0.1) is 6.61 Å². The SMILES string of the molecule is CCOC(=O)CC(=O)N1NCCCC1C(=O)O. The molecule has 2 N–H and O–H groups in total. The van der Waals surface area contributed by atoms with Crippen LogP contribution in [0.15, 0.2) is 0 Å². The molecular formula is C10H16N2O5. The molecule has 17 heavy (non-hydrogen) atoms. The van der Waals surface area contributed by atoms with Crippen LogP contribution >= 0.6 is 0 Å². The summed E-state index contributed by atoms with van der Waals surface area (Å²) >= 11 is 0. The van der Waals surface area contributed by atoms with Gasteiger partial charge < -0.3 is 9.84 Å².